The van der Waals surface area contributed by atoms with E-state index in [1.807, 2.05) is 51.1 Å². The summed E-state index contributed by atoms with van der Waals surface area (Å²) in [5, 5.41) is 0. The number of nitrogens with zero attached hydrogens (tertiary/aromatic N) is 2. The molecule has 0 saturated carbocycles. The Bertz CT molecular complexity index is 693. The Morgan fingerprint density at radius 3 is 2.28 bits per heavy atom. The average molecular weight is 406 g/mol. The van der Waals surface area contributed by atoms with Gasteiger partial charge in [-0.1, -0.05) is 30.3 Å². The minimum atomic E-state index is -0.574. The molecular formula is C21H30N2O6. The number of benzene rings is 1. The molecule has 29 heavy (non-hydrogen) atoms. The van der Waals surface area contributed by atoms with E-state index in [2.05, 4.69) is 0 Å². The van der Waals surface area contributed by atoms with E-state index in [0.717, 1.165) is 5.56 Å². The summed E-state index contributed by atoms with van der Waals surface area (Å²) < 4.78 is 15.5. The van der Waals surface area contributed by atoms with Crippen molar-refractivity contribution in [1.82, 2.24) is 9.80 Å². The second kappa shape index (κ2) is 10.1. The van der Waals surface area contributed by atoms with Gasteiger partial charge in [0.15, 0.2) is 0 Å². The predicted octanol–water partition coefficient (Wildman–Crippen LogP) is 3.20. The van der Waals surface area contributed by atoms with Gasteiger partial charge in [-0.3, -0.25) is 9.69 Å². The lowest BCUT2D eigenvalue weighted by atomic mass is 10.0. The van der Waals surface area contributed by atoms with Gasteiger partial charge in [-0.2, -0.15) is 0 Å². The van der Waals surface area contributed by atoms with Crippen LogP contribution in [0.1, 0.15) is 39.2 Å². The Labute approximate surface area is 171 Å². The normalized spacial score (nSPS) is 14.8. The summed E-state index contributed by atoms with van der Waals surface area (Å²) in [7, 11) is 1.28. The van der Waals surface area contributed by atoms with E-state index in [1.165, 1.54) is 12.0 Å². The lowest BCUT2D eigenvalue weighted by molar-refractivity contribution is -0.142. The Morgan fingerprint density at radius 1 is 1.10 bits per heavy atom. The molecule has 0 atom stereocenters. The van der Waals surface area contributed by atoms with E-state index in [0.29, 0.717) is 25.9 Å². The van der Waals surface area contributed by atoms with Crippen LogP contribution in [0, 0.1) is 0 Å². The molecule has 1 fully saturated rings. The number of amides is 2. The highest BCUT2D eigenvalue weighted by Gasteiger charge is 2.33. The Kier molecular flexibility index (Phi) is 7.87. The molecule has 0 N–H and O–H groups in total. The maximum atomic E-state index is 12.7. The van der Waals surface area contributed by atoms with Crippen molar-refractivity contribution < 1.29 is 28.6 Å². The fourth-order valence-electron chi connectivity index (χ4n) is 3.04. The molecule has 0 spiro atoms. The second-order valence-corrected chi connectivity index (χ2v) is 7.94. The summed E-state index contributed by atoms with van der Waals surface area (Å²) in [6.07, 6.45) is 0.102. The van der Waals surface area contributed by atoms with Crippen LogP contribution in [0.15, 0.2) is 30.3 Å². The first-order valence-corrected chi connectivity index (χ1v) is 9.71. The molecule has 0 bridgehead atoms. The molecular weight excluding hydrogens is 376 g/mol. The van der Waals surface area contributed by atoms with Crippen molar-refractivity contribution in [3.63, 3.8) is 0 Å². The van der Waals surface area contributed by atoms with Gasteiger partial charge in [0.05, 0.1) is 7.11 Å². The SMILES string of the molecule is COC(=O)CN(C(=O)OCc1ccccc1)C1CCN(C(=O)OC(C)(C)C)CC1. The van der Waals surface area contributed by atoms with Crippen LogP contribution >= 0.6 is 0 Å². The van der Waals surface area contributed by atoms with Crippen molar-refractivity contribution >= 4 is 18.2 Å². The minimum absolute atomic E-state index is 0.119. The molecule has 0 aromatic heterocycles. The molecule has 2 amide bonds. The number of methoxy groups -OCH3 is 1. The average Bonchev–Trinajstić information content (AvgIpc) is 2.69. The van der Waals surface area contributed by atoms with Crippen LogP contribution in [0.25, 0.3) is 0 Å². The first-order valence-electron chi connectivity index (χ1n) is 9.71. The molecule has 1 aliphatic heterocycles. The van der Waals surface area contributed by atoms with Crippen molar-refractivity contribution in [3.05, 3.63) is 35.9 Å². The van der Waals surface area contributed by atoms with Crippen LogP contribution in [0.4, 0.5) is 9.59 Å². The number of likely N-dealkylation sites (tertiary alicyclic amines) is 1. The highest BCUT2D eigenvalue weighted by molar-refractivity contribution is 5.78. The summed E-state index contributed by atoms with van der Waals surface area (Å²) in [5.74, 6) is -0.517. The molecule has 0 radical (unpaired) electrons. The zero-order chi connectivity index (χ0) is 21.4. The molecule has 1 aromatic rings. The van der Waals surface area contributed by atoms with Gasteiger partial charge in [0.1, 0.15) is 18.8 Å². The van der Waals surface area contributed by atoms with E-state index < -0.39 is 17.7 Å². The summed E-state index contributed by atoms with van der Waals surface area (Å²) in [6.45, 7) is 6.25. The fraction of sp³-hybridized carbons (Fsp3) is 0.571. The standard InChI is InChI=1S/C21H30N2O6/c1-21(2,3)29-19(25)22-12-10-17(11-13-22)23(14-18(24)27-4)20(26)28-15-16-8-6-5-7-9-16/h5-9,17H,10-15H2,1-4H3. The summed E-state index contributed by atoms with van der Waals surface area (Å²) >= 11 is 0. The zero-order valence-electron chi connectivity index (χ0n) is 17.6. The molecule has 160 valence electrons. The monoisotopic (exact) mass is 406 g/mol. The molecule has 0 aliphatic carbocycles. The first-order chi connectivity index (χ1) is 13.7. The summed E-state index contributed by atoms with van der Waals surface area (Å²) in [6, 6.07) is 9.10. The topological polar surface area (TPSA) is 85.4 Å². The highest BCUT2D eigenvalue weighted by Crippen LogP contribution is 2.20. The van der Waals surface area contributed by atoms with Crippen LogP contribution in [0.2, 0.25) is 0 Å². The van der Waals surface area contributed by atoms with Crippen LogP contribution in [-0.2, 0) is 25.6 Å². The van der Waals surface area contributed by atoms with E-state index >= 15 is 0 Å². The number of hydrogen-bond donors (Lipinski definition) is 0. The molecule has 1 aromatic carbocycles. The molecule has 2 rings (SSSR count). The molecule has 1 saturated heterocycles. The van der Waals surface area contributed by atoms with Crippen LogP contribution in [0.5, 0.6) is 0 Å². The number of ether oxygens (including phenoxy) is 3. The van der Waals surface area contributed by atoms with Gasteiger partial charge in [-0.05, 0) is 39.2 Å². The molecule has 1 heterocycles. The van der Waals surface area contributed by atoms with Gasteiger partial charge in [-0.15, -0.1) is 0 Å². The lowest BCUT2D eigenvalue weighted by Crippen LogP contribution is -2.51. The zero-order valence-corrected chi connectivity index (χ0v) is 17.6. The number of esters is 1. The van der Waals surface area contributed by atoms with Gasteiger partial charge >= 0.3 is 18.2 Å². The van der Waals surface area contributed by atoms with Crippen molar-refractivity contribution in [2.75, 3.05) is 26.7 Å². The van der Waals surface area contributed by atoms with Crippen LogP contribution in [-0.4, -0.2) is 66.3 Å². The Balaban J connectivity index is 1.96. The van der Waals surface area contributed by atoms with E-state index in [1.54, 1.807) is 4.90 Å². The third-order valence-corrected chi connectivity index (χ3v) is 4.52. The number of rotatable bonds is 5. The third-order valence-electron chi connectivity index (χ3n) is 4.52. The third kappa shape index (κ3) is 7.29. The second-order valence-electron chi connectivity index (χ2n) is 7.94. The minimum Gasteiger partial charge on any atom is -0.468 e. The molecule has 1 aliphatic rings. The lowest BCUT2D eigenvalue weighted by Gasteiger charge is -2.37. The van der Waals surface area contributed by atoms with Gasteiger partial charge in [0.2, 0.25) is 0 Å². The number of piperidine rings is 1. The van der Waals surface area contributed by atoms with Crippen molar-refractivity contribution in [2.24, 2.45) is 0 Å². The van der Waals surface area contributed by atoms with Crippen molar-refractivity contribution in [1.29, 1.82) is 0 Å². The molecule has 8 nitrogen and oxygen atoms in total. The van der Waals surface area contributed by atoms with Gasteiger partial charge in [0, 0.05) is 19.1 Å². The van der Waals surface area contributed by atoms with E-state index in [4.69, 9.17) is 14.2 Å². The van der Waals surface area contributed by atoms with Crippen molar-refractivity contribution in [2.45, 2.75) is 51.9 Å². The fourth-order valence-corrected chi connectivity index (χ4v) is 3.04. The highest BCUT2D eigenvalue weighted by atomic mass is 16.6. The Morgan fingerprint density at radius 2 is 1.72 bits per heavy atom. The largest absolute Gasteiger partial charge is 0.468 e. The quantitative estimate of drug-likeness (QED) is 0.551. The van der Waals surface area contributed by atoms with Gasteiger partial charge in [0.25, 0.3) is 0 Å². The van der Waals surface area contributed by atoms with E-state index in [9.17, 15) is 14.4 Å². The van der Waals surface area contributed by atoms with E-state index in [-0.39, 0.29) is 25.3 Å². The van der Waals surface area contributed by atoms with Crippen molar-refractivity contribution in [3.8, 4) is 0 Å². The smallest absolute Gasteiger partial charge is 0.410 e. The maximum Gasteiger partial charge on any atom is 0.410 e. The predicted molar refractivity (Wildman–Crippen MR) is 106 cm³/mol. The first kappa shape index (κ1) is 22.5. The van der Waals surface area contributed by atoms with Crippen LogP contribution < -0.4 is 0 Å². The van der Waals surface area contributed by atoms with Gasteiger partial charge < -0.3 is 19.1 Å². The maximum absolute atomic E-state index is 12.7. The number of carbonyl (C=O) groups is 3. The summed E-state index contributed by atoms with van der Waals surface area (Å²) in [5.41, 5.74) is 0.296. The molecule has 8 heteroatoms. The Hall–Kier alpha value is -2.77. The number of hydrogen-bond acceptors (Lipinski definition) is 6. The molecule has 0 unspecified atom stereocenters. The summed E-state index contributed by atoms with van der Waals surface area (Å²) in [4.78, 5) is 39.7. The van der Waals surface area contributed by atoms with Gasteiger partial charge in [-0.25, -0.2) is 9.59 Å². The number of carbonyl (C=O) groups excluding carboxylic acids is 3. The van der Waals surface area contributed by atoms with Crippen LogP contribution in [0.3, 0.4) is 0 Å².